The van der Waals surface area contributed by atoms with E-state index in [0.29, 0.717) is 17.8 Å². The van der Waals surface area contributed by atoms with E-state index in [9.17, 15) is 4.79 Å². The van der Waals surface area contributed by atoms with Gasteiger partial charge in [-0.1, -0.05) is 90.5 Å². The first-order valence-electron chi connectivity index (χ1n) is 9.89. The van der Waals surface area contributed by atoms with Gasteiger partial charge in [-0.05, 0) is 29.7 Å². The average Bonchev–Trinajstić information content (AvgIpc) is 3.20. The quantitative estimate of drug-likeness (QED) is 0.351. The molecular formula is C26H23N3O. The van der Waals surface area contributed by atoms with Gasteiger partial charge in [-0.3, -0.25) is 9.48 Å². The Labute approximate surface area is 176 Å². The standard InChI is InChI=1S/C26H23N3O/c1-20-9-8-12-22(15-20)18-29-19-24(17-27-29)28-26(30)25(23-13-6-3-7-14-23)16-21-10-4-2-5-11-21/h2-17,19H,18H2,1H3,(H,28,30)/b25-16-. The van der Waals surface area contributed by atoms with Crippen LogP contribution in [0.3, 0.4) is 0 Å². The van der Waals surface area contributed by atoms with E-state index in [1.54, 1.807) is 6.20 Å². The van der Waals surface area contributed by atoms with Gasteiger partial charge in [-0.25, -0.2) is 0 Å². The summed E-state index contributed by atoms with van der Waals surface area (Å²) in [5.74, 6) is -0.167. The average molecular weight is 393 g/mol. The van der Waals surface area contributed by atoms with Crippen molar-refractivity contribution in [1.82, 2.24) is 9.78 Å². The largest absolute Gasteiger partial charge is 0.319 e. The number of aryl methyl sites for hydroxylation is 1. The van der Waals surface area contributed by atoms with Crippen LogP contribution in [0.15, 0.2) is 97.3 Å². The first kappa shape index (κ1) is 19.4. The second-order valence-electron chi connectivity index (χ2n) is 7.20. The first-order chi connectivity index (χ1) is 14.7. The molecule has 0 bridgehead atoms. The molecule has 0 aliphatic heterocycles. The van der Waals surface area contributed by atoms with Crippen molar-refractivity contribution in [3.63, 3.8) is 0 Å². The van der Waals surface area contributed by atoms with E-state index < -0.39 is 0 Å². The number of hydrogen-bond acceptors (Lipinski definition) is 2. The fourth-order valence-corrected chi connectivity index (χ4v) is 3.32. The Bertz CT molecular complexity index is 1160. The molecule has 0 aliphatic rings. The van der Waals surface area contributed by atoms with Crippen LogP contribution in [0.5, 0.6) is 0 Å². The van der Waals surface area contributed by atoms with Crippen molar-refractivity contribution in [2.24, 2.45) is 0 Å². The number of carbonyl (C=O) groups excluding carboxylic acids is 1. The topological polar surface area (TPSA) is 46.9 Å². The minimum absolute atomic E-state index is 0.167. The zero-order valence-electron chi connectivity index (χ0n) is 16.8. The maximum absolute atomic E-state index is 13.1. The SMILES string of the molecule is Cc1cccc(Cn2cc(NC(=O)/C(=C\c3ccccc3)c3ccccc3)cn2)c1. The number of nitrogens with zero attached hydrogens (tertiary/aromatic N) is 2. The lowest BCUT2D eigenvalue weighted by Crippen LogP contribution is -2.13. The molecule has 0 atom stereocenters. The van der Waals surface area contributed by atoms with Crippen molar-refractivity contribution in [2.45, 2.75) is 13.5 Å². The highest BCUT2D eigenvalue weighted by atomic mass is 16.1. The van der Waals surface area contributed by atoms with Crippen LogP contribution in [-0.4, -0.2) is 15.7 Å². The van der Waals surface area contributed by atoms with Crippen molar-refractivity contribution in [3.8, 4) is 0 Å². The Morgan fingerprint density at radius 1 is 0.967 bits per heavy atom. The zero-order valence-corrected chi connectivity index (χ0v) is 16.8. The van der Waals surface area contributed by atoms with Crippen LogP contribution in [0.4, 0.5) is 5.69 Å². The summed E-state index contributed by atoms with van der Waals surface area (Å²) in [5.41, 5.74) is 5.50. The van der Waals surface area contributed by atoms with Crippen LogP contribution in [0.25, 0.3) is 11.6 Å². The molecular weight excluding hydrogens is 370 g/mol. The molecule has 0 aliphatic carbocycles. The maximum Gasteiger partial charge on any atom is 0.256 e. The molecule has 0 unspecified atom stereocenters. The summed E-state index contributed by atoms with van der Waals surface area (Å²) in [5, 5.41) is 7.38. The number of amides is 1. The molecule has 1 heterocycles. The molecule has 30 heavy (non-hydrogen) atoms. The molecule has 0 fully saturated rings. The molecule has 4 aromatic rings. The third-order valence-corrected chi connectivity index (χ3v) is 4.76. The van der Waals surface area contributed by atoms with Crippen molar-refractivity contribution < 1.29 is 4.79 Å². The van der Waals surface area contributed by atoms with Gasteiger partial charge >= 0.3 is 0 Å². The van der Waals surface area contributed by atoms with E-state index in [2.05, 4.69) is 35.5 Å². The fourth-order valence-electron chi connectivity index (χ4n) is 3.32. The van der Waals surface area contributed by atoms with Crippen LogP contribution < -0.4 is 5.32 Å². The molecule has 4 nitrogen and oxygen atoms in total. The van der Waals surface area contributed by atoms with E-state index in [-0.39, 0.29) is 5.91 Å². The fraction of sp³-hybridized carbons (Fsp3) is 0.0769. The van der Waals surface area contributed by atoms with E-state index in [0.717, 1.165) is 11.1 Å². The summed E-state index contributed by atoms with van der Waals surface area (Å²) in [6.45, 7) is 2.73. The molecule has 4 rings (SSSR count). The predicted octanol–water partition coefficient (Wildman–Crippen LogP) is 5.42. The highest BCUT2D eigenvalue weighted by Gasteiger charge is 2.13. The molecule has 4 heteroatoms. The number of rotatable bonds is 6. The number of hydrogen-bond donors (Lipinski definition) is 1. The summed E-state index contributed by atoms with van der Waals surface area (Å²) >= 11 is 0. The van der Waals surface area contributed by atoms with Gasteiger partial charge < -0.3 is 5.32 Å². The van der Waals surface area contributed by atoms with E-state index >= 15 is 0 Å². The number of benzene rings is 3. The predicted molar refractivity (Wildman–Crippen MR) is 122 cm³/mol. The van der Waals surface area contributed by atoms with Crippen LogP contribution in [-0.2, 0) is 11.3 Å². The van der Waals surface area contributed by atoms with E-state index in [1.165, 1.54) is 11.1 Å². The molecule has 0 saturated heterocycles. The van der Waals surface area contributed by atoms with Gasteiger partial charge in [0.1, 0.15) is 0 Å². The van der Waals surface area contributed by atoms with Gasteiger partial charge in [0.2, 0.25) is 0 Å². The first-order valence-corrected chi connectivity index (χ1v) is 9.89. The van der Waals surface area contributed by atoms with E-state index in [4.69, 9.17) is 0 Å². The Kier molecular flexibility index (Phi) is 5.85. The molecule has 0 saturated carbocycles. The third-order valence-electron chi connectivity index (χ3n) is 4.76. The highest BCUT2D eigenvalue weighted by molar-refractivity contribution is 6.29. The van der Waals surface area contributed by atoms with Crippen LogP contribution in [0.2, 0.25) is 0 Å². The van der Waals surface area contributed by atoms with Gasteiger partial charge in [0, 0.05) is 11.8 Å². The van der Waals surface area contributed by atoms with Gasteiger partial charge in [0.15, 0.2) is 0 Å². The summed E-state index contributed by atoms with van der Waals surface area (Å²) in [6, 6.07) is 27.8. The van der Waals surface area contributed by atoms with Gasteiger partial charge in [0.05, 0.1) is 18.4 Å². The summed E-state index contributed by atoms with van der Waals surface area (Å²) < 4.78 is 1.83. The second kappa shape index (κ2) is 9.05. The smallest absolute Gasteiger partial charge is 0.256 e. The number of carbonyl (C=O) groups is 1. The summed E-state index contributed by atoms with van der Waals surface area (Å²) in [7, 11) is 0. The Hall–Kier alpha value is -3.92. The molecule has 148 valence electrons. The lowest BCUT2D eigenvalue weighted by atomic mass is 10.0. The lowest BCUT2D eigenvalue weighted by molar-refractivity contribution is -0.111. The number of aromatic nitrogens is 2. The Balaban J connectivity index is 1.55. The molecule has 1 N–H and O–H groups in total. The second-order valence-corrected chi connectivity index (χ2v) is 7.20. The van der Waals surface area contributed by atoms with Crippen molar-refractivity contribution >= 4 is 23.2 Å². The van der Waals surface area contributed by atoms with Crippen LogP contribution >= 0.6 is 0 Å². The normalized spacial score (nSPS) is 11.3. The molecule has 1 amide bonds. The van der Waals surface area contributed by atoms with Gasteiger partial charge in [-0.15, -0.1) is 0 Å². The molecule has 3 aromatic carbocycles. The van der Waals surface area contributed by atoms with Gasteiger partial charge in [-0.2, -0.15) is 5.10 Å². The maximum atomic E-state index is 13.1. The van der Waals surface area contributed by atoms with Crippen LogP contribution in [0.1, 0.15) is 22.3 Å². The van der Waals surface area contributed by atoms with E-state index in [1.807, 2.05) is 83.7 Å². The summed E-state index contributed by atoms with van der Waals surface area (Å²) in [6.07, 6.45) is 5.44. The molecule has 1 aromatic heterocycles. The van der Waals surface area contributed by atoms with Crippen molar-refractivity contribution in [3.05, 3.63) is 120 Å². The Morgan fingerprint density at radius 3 is 2.43 bits per heavy atom. The zero-order chi connectivity index (χ0) is 20.8. The highest BCUT2D eigenvalue weighted by Crippen LogP contribution is 2.21. The number of nitrogens with one attached hydrogen (secondary N) is 1. The monoisotopic (exact) mass is 393 g/mol. The molecule has 0 spiro atoms. The third kappa shape index (κ3) is 4.92. The minimum Gasteiger partial charge on any atom is -0.319 e. The van der Waals surface area contributed by atoms with Crippen molar-refractivity contribution in [1.29, 1.82) is 0 Å². The number of anilines is 1. The lowest BCUT2D eigenvalue weighted by Gasteiger charge is -2.08. The van der Waals surface area contributed by atoms with Crippen LogP contribution in [0, 0.1) is 6.92 Å². The molecule has 0 radical (unpaired) electrons. The Morgan fingerprint density at radius 2 is 1.70 bits per heavy atom. The summed E-state index contributed by atoms with van der Waals surface area (Å²) in [4.78, 5) is 13.1. The van der Waals surface area contributed by atoms with Crippen molar-refractivity contribution in [2.75, 3.05) is 5.32 Å². The van der Waals surface area contributed by atoms with Gasteiger partial charge in [0.25, 0.3) is 5.91 Å². The minimum atomic E-state index is -0.167.